The number of nitro groups is 1. The molecule has 0 saturated heterocycles. The van der Waals surface area contributed by atoms with Gasteiger partial charge in [0.05, 0.1) is 16.1 Å². The van der Waals surface area contributed by atoms with Crippen molar-refractivity contribution in [3.05, 3.63) is 68.7 Å². The fourth-order valence-corrected chi connectivity index (χ4v) is 1.97. The molecule has 0 bridgehead atoms. The van der Waals surface area contributed by atoms with Gasteiger partial charge in [-0.25, -0.2) is 4.79 Å². The summed E-state index contributed by atoms with van der Waals surface area (Å²) in [4.78, 5) is 33.7. The highest BCUT2D eigenvalue weighted by Crippen LogP contribution is 2.26. The summed E-state index contributed by atoms with van der Waals surface area (Å²) >= 11 is 5.68. The number of halogens is 1. The van der Waals surface area contributed by atoms with E-state index in [1.54, 1.807) is 12.1 Å². The number of para-hydroxylation sites is 1. The standard InChI is InChI=1S/C15H10ClNO5/c1-9(18)11-4-2-3-5-14(11)22-15(19)10-6-7-12(16)13(8-10)17(20)21/h2-8H,1H3. The Hall–Kier alpha value is -2.73. The number of hydrogen-bond acceptors (Lipinski definition) is 5. The summed E-state index contributed by atoms with van der Waals surface area (Å²) < 4.78 is 5.14. The molecule has 2 aromatic rings. The van der Waals surface area contributed by atoms with Gasteiger partial charge in [0.15, 0.2) is 5.78 Å². The Morgan fingerprint density at radius 1 is 1.18 bits per heavy atom. The molecule has 0 saturated carbocycles. The van der Waals surface area contributed by atoms with Crippen LogP contribution in [0.4, 0.5) is 5.69 Å². The molecular formula is C15H10ClNO5. The number of rotatable bonds is 4. The predicted octanol–water partition coefficient (Wildman–Crippen LogP) is 3.67. The molecule has 0 amide bonds. The van der Waals surface area contributed by atoms with Gasteiger partial charge in [0, 0.05) is 6.07 Å². The van der Waals surface area contributed by atoms with Crippen molar-refractivity contribution in [2.45, 2.75) is 6.92 Å². The number of nitro benzene ring substituents is 1. The number of hydrogen-bond donors (Lipinski definition) is 0. The summed E-state index contributed by atoms with van der Waals surface area (Å²) in [5, 5.41) is 10.7. The van der Waals surface area contributed by atoms with Crippen LogP contribution in [0.5, 0.6) is 5.75 Å². The molecule has 7 heteroatoms. The molecule has 22 heavy (non-hydrogen) atoms. The fraction of sp³-hybridized carbons (Fsp3) is 0.0667. The zero-order valence-electron chi connectivity index (χ0n) is 11.4. The van der Waals surface area contributed by atoms with E-state index in [4.69, 9.17) is 16.3 Å². The lowest BCUT2D eigenvalue weighted by molar-refractivity contribution is -0.384. The maximum atomic E-state index is 12.1. The minimum Gasteiger partial charge on any atom is -0.422 e. The summed E-state index contributed by atoms with van der Waals surface area (Å²) in [5.74, 6) is -0.975. The fourth-order valence-electron chi connectivity index (χ4n) is 1.78. The Balaban J connectivity index is 2.33. The highest BCUT2D eigenvalue weighted by molar-refractivity contribution is 6.32. The van der Waals surface area contributed by atoms with Crippen LogP contribution in [0.1, 0.15) is 27.6 Å². The average Bonchev–Trinajstić information content (AvgIpc) is 2.47. The lowest BCUT2D eigenvalue weighted by atomic mass is 10.1. The molecule has 0 atom stereocenters. The number of benzene rings is 2. The largest absolute Gasteiger partial charge is 0.422 e. The van der Waals surface area contributed by atoms with E-state index < -0.39 is 16.6 Å². The number of ether oxygens (including phenoxy) is 1. The topological polar surface area (TPSA) is 86.5 Å². The number of nitrogens with zero attached hydrogens (tertiary/aromatic N) is 1. The van der Waals surface area contributed by atoms with Crippen molar-refractivity contribution >= 4 is 29.0 Å². The summed E-state index contributed by atoms with van der Waals surface area (Å²) in [7, 11) is 0. The van der Waals surface area contributed by atoms with Crippen LogP contribution in [-0.2, 0) is 0 Å². The molecule has 0 unspecified atom stereocenters. The second-order valence-corrected chi connectivity index (χ2v) is 4.77. The lowest BCUT2D eigenvalue weighted by Gasteiger charge is -2.08. The molecular weight excluding hydrogens is 310 g/mol. The first-order valence-electron chi connectivity index (χ1n) is 6.16. The quantitative estimate of drug-likeness (QED) is 0.282. The number of ketones is 1. The SMILES string of the molecule is CC(=O)c1ccccc1OC(=O)c1ccc(Cl)c([N+](=O)[O-])c1. The van der Waals surface area contributed by atoms with Crippen molar-refractivity contribution in [2.24, 2.45) is 0 Å². The smallest absolute Gasteiger partial charge is 0.343 e. The minimum absolute atomic E-state index is 0.0329. The van der Waals surface area contributed by atoms with E-state index in [1.165, 1.54) is 31.2 Å². The molecule has 2 rings (SSSR count). The van der Waals surface area contributed by atoms with Crippen molar-refractivity contribution in [2.75, 3.05) is 0 Å². The molecule has 0 N–H and O–H groups in total. The van der Waals surface area contributed by atoms with Crippen LogP contribution in [0.15, 0.2) is 42.5 Å². The van der Waals surface area contributed by atoms with E-state index in [9.17, 15) is 19.7 Å². The highest BCUT2D eigenvalue weighted by Gasteiger charge is 2.19. The molecule has 0 aromatic heterocycles. The third-order valence-corrected chi connectivity index (χ3v) is 3.17. The molecule has 2 aromatic carbocycles. The van der Waals surface area contributed by atoms with Gasteiger partial charge in [-0.1, -0.05) is 23.7 Å². The zero-order valence-corrected chi connectivity index (χ0v) is 12.2. The van der Waals surface area contributed by atoms with Crippen LogP contribution >= 0.6 is 11.6 Å². The van der Waals surface area contributed by atoms with Crippen molar-refractivity contribution in [1.29, 1.82) is 0 Å². The van der Waals surface area contributed by atoms with E-state index in [1.807, 2.05) is 0 Å². The second-order valence-electron chi connectivity index (χ2n) is 4.37. The third-order valence-electron chi connectivity index (χ3n) is 2.85. The van der Waals surface area contributed by atoms with Gasteiger partial charge in [0.25, 0.3) is 5.69 Å². The van der Waals surface area contributed by atoms with Crippen LogP contribution < -0.4 is 4.74 Å². The molecule has 0 aliphatic carbocycles. The first-order chi connectivity index (χ1) is 10.4. The predicted molar refractivity (Wildman–Crippen MR) is 79.5 cm³/mol. The second kappa shape index (κ2) is 6.36. The summed E-state index contributed by atoms with van der Waals surface area (Å²) in [6.45, 7) is 1.35. The lowest BCUT2D eigenvalue weighted by Crippen LogP contribution is -2.11. The minimum atomic E-state index is -0.812. The molecule has 0 spiro atoms. The van der Waals surface area contributed by atoms with Gasteiger partial charge in [-0.3, -0.25) is 14.9 Å². The summed E-state index contributed by atoms with van der Waals surface area (Å²) in [6, 6.07) is 9.83. The number of esters is 1. The van der Waals surface area contributed by atoms with Gasteiger partial charge in [0.2, 0.25) is 0 Å². The van der Waals surface area contributed by atoms with Gasteiger partial charge < -0.3 is 4.74 Å². The van der Waals surface area contributed by atoms with Crippen LogP contribution in [-0.4, -0.2) is 16.7 Å². The Labute approximate surface area is 130 Å². The normalized spacial score (nSPS) is 10.1. The van der Waals surface area contributed by atoms with Crippen LogP contribution in [0.25, 0.3) is 0 Å². The first-order valence-corrected chi connectivity index (χ1v) is 6.54. The van der Waals surface area contributed by atoms with E-state index in [-0.39, 0.29) is 27.7 Å². The van der Waals surface area contributed by atoms with Gasteiger partial charge in [-0.15, -0.1) is 0 Å². The van der Waals surface area contributed by atoms with Crippen LogP contribution in [0.2, 0.25) is 5.02 Å². The monoisotopic (exact) mass is 319 g/mol. The Kier molecular flexibility index (Phi) is 4.53. The highest BCUT2D eigenvalue weighted by atomic mass is 35.5. The zero-order chi connectivity index (χ0) is 16.3. The molecule has 0 heterocycles. The third kappa shape index (κ3) is 3.29. The van der Waals surface area contributed by atoms with E-state index in [0.717, 1.165) is 6.07 Å². The molecule has 0 aliphatic rings. The molecule has 0 fully saturated rings. The summed E-state index contributed by atoms with van der Waals surface area (Å²) in [6.07, 6.45) is 0. The summed E-state index contributed by atoms with van der Waals surface area (Å²) in [5.41, 5.74) is -0.176. The van der Waals surface area contributed by atoms with Crippen molar-refractivity contribution < 1.29 is 19.2 Å². The molecule has 112 valence electrons. The van der Waals surface area contributed by atoms with Gasteiger partial charge >= 0.3 is 5.97 Å². The Bertz CT molecular complexity index is 772. The number of carbonyl (C=O) groups is 2. The Morgan fingerprint density at radius 2 is 1.86 bits per heavy atom. The van der Waals surface area contributed by atoms with Crippen molar-refractivity contribution in [3.8, 4) is 5.75 Å². The van der Waals surface area contributed by atoms with Crippen LogP contribution in [0, 0.1) is 10.1 Å². The van der Waals surface area contributed by atoms with Crippen molar-refractivity contribution in [3.63, 3.8) is 0 Å². The van der Waals surface area contributed by atoms with E-state index in [2.05, 4.69) is 0 Å². The Morgan fingerprint density at radius 3 is 2.50 bits per heavy atom. The first kappa shape index (κ1) is 15.7. The van der Waals surface area contributed by atoms with Crippen LogP contribution in [0.3, 0.4) is 0 Å². The van der Waals surface area contributed by atoms with Gasteiger partial charge in [0.1, 0.15) is 10.8 Å². The molecule has 0 radical (unpaired) electrons. The van der Waals surface area contributed by atoms with E-state index in [0.29, 0.717) is 0 Å². The average molecular weight is 320 g/mol. The maximum absolute atomic E-state index is 12.1. The number of Topliss-reactive ketones (excluding diaryl/α,β-unsaturated/α-hetero) is 1. The maximum Gasteiger partial charge on any atom is 0.343 e. The number of carbonyl (C=O) groups excluding carboxylic acids is 2. The van der Waals surface area contributed by atoms with Gasteiger partial charge in [-0.05, 0) is 31.2 Å². The van der Waals surface area contributed by atoms with Crippen molar-refractivity contribution in [1.82, 2.24) is 0 Å². The van der Waals surface area contributed by atoms with E-state index >= 15 is 0 Å². The molecule has 6 nitrogen and oxygen atoms in total. The van der Waals surface area contributed by atoms with Gasteiger partial charge in [-0.2, -0.15) is 0 Å². The molecule has 0 aliphatic heterocycles.